The Labute approximate surface area is 153 Å². The minimum Gasteiger partial charge on any atom is -0.374 e. The van der Waals surface area contributed by atoms with Crippen molar-refractivity contribution < 1.29 is 17.5 Å². The van der Waals surface area contributed by atoms with Gasteiger partial charge < -0.3 is 10.5 Å². The lowest BCUT2D eigenvalue weighted by molar-refractivity contribution is 0.0361. The van der Waals surface area contributed by atoms with Crippen molar-refractivity contribution in [2.75, 3.05) is 12.3 Å². The van der Waals surface area contributed by atoms with E-state index in [2.05, 4.69) is 4.99 Å². The van der Waals surface area contributed by atoms with Gasteiger partial charge in [0.15, 0.2) is 0 Å². The molecule has 2 rings (SSSR count). The standard InChI is InChI=1S/C19H23FN2O3S/c1-2-22-19(21)26(23,24)13-12-18(15-8-4-3-5-9-15)25-14-16-10-6-7-11-17(16)20/h3-11,18H,2,12-14H2,1H3,(H2,21,22). The van der Waals surface area contributed by atoms with Crippen LogP contribution in [-0.4, -0.2) is 25.9 Å². The highest BCUT2D eigenvalue weighted by Gasteiger charge is 2.21. The minimum atomic E-state index is -3.64. The van der Waals surface area contributed by atoms with Crippen molar-refractivity contribution in [3.8, 4) is 0 Å². The molecule has 0 heterocycles. The molecule has 140 valence electrons. The molecule has 7 heteroatoms. The number of hydrogen-bond acceptors (Lipinski definition) is 4. The van der Waals surface area contributed by atoms with Gasteiger partial charge in [0.05, 0.1) is 18.5 Å². The molecule has 0 saturated heterocycles. The largest absolute Gasteiger partial charge is 0.374 e. The Morgan fingerprint density at radius 2 is 1.81 bits per heavy atom. The molecule has 1 unspecified atom stereocenters. The normalized spacial score (nSPS) is 13.5. The Bertz CT molecular complexity index is 839. The summed E-state index contributed by atoms with van der Waals surface area (Å²) < 4.78 is 44.1. The summed E-state index contributed by atoms with van der Waals surface area (Å²) in [5.74, 6) is -0.551. The van der Waals surface area contributed by atoms with E-state index in [0.29, 0.717) is 12.1 Å². The molecule has 2 N–H and O–H groups in total. The van der Waals surface area contributed by atoms with Crippen molar-refractivity contribution >= 4 is 15.0 Å². The summed E-state index contributed by atoms with van der Waals surface area (Å²) in [6.07, 6.45) is -0.305. The summed E-state index contributed by atoms with van der Waals surface area (Å²) in [5, 5.41) is -0.360. The van der Waals surface area contributed by atoms with Gasteiger partial charge in [-0.1, -0.05) is 48.5 Å². The molecule has 0 spiro atoms. The zero-order valence-electron chi connectivity index (χ0n) is 14.6. The van der Waals surface area contributed by atoms with Crippen LogP contribution in [0.3, 0.4) is 0 Å². The van der Waals surface area contributed by atoms with Gasteiger partial charge in [-0.05, 0) is 25.0 Å². The highest BCUT2D eigenvalue weighted by molar-refractivity contribution is 8.06. The number of benzene rings is 2. The third-order valence-corrected chi connectivity index (χ3v) is 5.39. The zero-order valence-corrected chi connectivity index (χ0v) is 15.5. The molecule has 2 aromatic carbocycles. The number of halogens is 1. The summed E-state index contributed by atoms with van der Waals surface area (Å²) in [4.78, 5) is 3.77. The van der Waals surface area contributed by atoms with Crippen LogP contribution < -0.4 is 5.73 Å². The van der Waals surface area contributed by atoms with E-state index in [1.54, 1.807) is 25.1 Å². The summed E-state index contributed by atoms with van der Waals surface area (Å²) in [6.45, 7) is 2.06. The average Bonchev–Trinajstić information content (AvgIpc) is 2.64. The Hall–Kier alpha value is -2.25. The number of hydrogen-bond donors (Lipinski definition) is 1. The Balaban J connectivity index is 2.12. The smallest absolute Gasteiger partial charge is 0.213 e. The lowest BCUT2D eigenvalue weighted by atomic mass is 10.1. The van der Waals surface area contributed by atoms with Crippen LogP contribution in [0, 0.1) is 5.82 Å². The first kappa shape index (κ1) is 20.1. The van der Waals surface area contributed by atoms with Gasteiger partial charge in [0.2, 0.25) is 15.0 Å². The number of ether oxygens (including phenoxy) is 1. The molecule has 1 atom stereocenters. The number of amidine groups is 1. The molecule has 2 aromatic rings. The van der Waals surface area contributed by atoms with Gasteiger partial charge in [0.25, 0.3) is 0 Å². The third-order valence-electron chi connectivity index (χ3n) is 3.85. The van der Waals surface area contributed by atoms with Crippen molar-refractivity contribution in [1.82, 2.24) is 0 Å². The highest BCUT2D eigenvalue weighted by atomic mass is 32.2. The molecule has 0 aromatic heterocycles. The van der Waals surface area contributed by atoms with E-state index in [-0.39, 0.29) is 29.8 Å². The quantitative estimate of drug-likeness (QED) is 0.565. The van der Waals surface area contributed by atoms with Crippen LogP contribution in [-0.2, 0) is 21.2 Å². The third kappa shape index (κ3) is 5.64. The van der Waals surface area contributed by atoms with Gasteiger partial charge in [0.1, 0.15) is 5.82 Å². The van der Waals surface area contributed by atoms with E-state index >= 15 is 0 Å². The number of rotatable bonds is 8. The predicted molar refractivity (Wildman–Crippen MR) is 101 cm³/mol. The van der Waals surface area contributed by atoms with E-state index in [1.807, 2.05) is 30.3 Å². The number of sulfone groups is 1. The summed E-state index contributed by atoms with van der Waals surface area (Å²) in [5.41, 5.74) is 6.79. The minimum absolute atomic E-state index is 0.0464. The molecular formula is C19H23FN2O3S. The Morgan fingerprint density at radius 1 is 1.15 bits per heavy atom. The van der Waals surface area contributed by atoms with Crippen molar-refractivity contribution in [3.63, 3.8) is 0 Å². The molecule has 0 amide bonds. The Morgan fingerprint density at radius 3 is 2.46 bits per heavy atom. The lowest BCUT2D eigenvalue weighted by Gasteiger charge is -2.19. The van der Waals surface area contributed by atoms with Crippen LogP contribution in [0.2, 0.25) is 0 Å². The molecule has 5 nitrogen and oxygen atoms in total. The van der Waals surface area contributed by atoms with Crippen molar-refractivity contribution in [2.24, 2.45) is 10.7 Å². The van der Waals surface area contributed by atoms with Gasteiger partial charge in [0, 0.05) is 12.1 Å². The van der Waals surface area contributed by atoms with Crippen LogP contribution in [0.25, 0.3) is 0 Å². The molecule has 26 heavy (non-hydrogen) atoms. The maximum absolute atomic E-state index is 13.8. The first-order valence-electron chi connectivity index (χ1n) is 8.36. The first-order chi connectivity index (χ1) is 12.4. The molecule has 0 aliphatic rings. The van der Waals surface area contributed by atoms with Crippen LogP contribution in [0.1, 0.15) is 30.6 Å². The van der Waals surface area contributed by atoms with E-state index < -0.39 is 15.9 Å². The fourth-order valence-corrected chi connectivity index (χ4v) is 3.50. The van der Waals surface area contributed by atoms with Crippen molar-refractivity contribution in [1.29, 1.82) is 0 Å². The fourth-order valence-electron chi connectivity index (χ4n) is 2.44. The predicted octanol–water partition coefficient (Wildman–Crippen LogP) is 3.22. The van der Waals surface area contributed by atoms with Crippen molar-refractivity contribution in [3.05, 3.63) is 71.5 Å². The summed E-state index contributed by atoms with van der Waals surface area (Å²) >= 11 is 0. The van der Waals surface area contributed by atoms with Gasteiger partial charge in [-0.2, -0.15) is 0 Å². The van der Waals surface area contributed by atoms with Crippen LogP contribution >= 0.6 is 0 Å². The van der Waals surface area contributed by atoms with Gasteiger partial charge >= 0.3 is 0 Å². The van der Waals surface area contributed by atoms with E-state index in [0.717, 1.165) is 5.56 Å². The number of nitrogens with zero attached hydrogens (tertiary/aromatic N) is 1. The van der Waals surface area contributed by atoms with Crippen LogP contribution in [0.4, 0.5) is 4.39 Å². The molecule has 0 saturated carbocycles. The van der Waals surface area contributed by atoms with E-state index in [9.17, 15) is 12.8 Å². The number of aliphatic imine (C=N–C) groups is 1. The summed E-state index contributed by atoms with van der Waals surface area (Å²) in [6, 6.07) is 15.6. The lowest BCUT2D eigenvalue weighted by Crippen LogP contribution is -2.28. The molecular weight excluding hydrogens is 355 g/mol. The fraction of sp³-hybridized carbons (Fsp3) is 0.316. The maximum atomic E-state index is 13.8. The number of nitrogens with two attached hydrogens (primary N) is 1. The monoisotopic (exact) mass is 378 g/mol. The first-order valence-corrected chi connectivity index (χ1v) is 10.0. The zero-order chi connectivity index (χ0) is 19.0. The van der Waals surface area contributed by atoms with Gasteiger partial charge in [-0.25, -0.2) is 12.8 Å². The molecule has 0 radical (unpaired) electrons. The van der Waals surface area contributed by atoms with E-state index in [4.69, 9.17) is 10.5 Å². The van der Waals surface area contributed by atoms with Gasteiger partial charge in [-0.15, -0.1) is 0 Å². The van der Waals surface area contributed by atoms with Crippen molar-refractivity contribution in [2.45, 2.75) is 26.1 Å². The Kier molecular flexibility index (Phi) is 7.29. The average molecular weight is 378 g/mol. The van der Waals surface area contributed by atoms with Gasteiger partial charge in [-0.3, -0.25) is 4.99 Å². The second kappa shape index (κ2) is 9.45. The maximum Gasteiger partial charge on any atom is 0.213 e. The molecule has 0 aliphatic carbocycles. The van der Waals surface area contributed by atoms with Crippen LogP contribution in [0.15, 0.2) is 59.6 Å². The molecule has 0 fully saturated rings. The van der Waals surface area contributed by atoms with E-state index in [1.165, 1.54) is 6.07 Å². The second-order valence-corrected chi connectivity index (χ2v) is 7.78. The second-order valence-electron chi connectivity index (χ2n) is 5.72. The topological polar surface area (TPSA) is 81.8 Å². The molecule has 0 bridgehead atoms. The summed E-state index contributed by atoms with van der Waals surface area (Å²) in [7, 11) is -3.64. The highest BCUT2D eigenvalue weighted by Crippen LogP contribution is 2.24. The molecule has 0 aliphatic heterocycles. The van der Waals surface area contributed by atoms with Crippen LogP contribution in [0.5, 0.6) is 0 Å². The SMILES string of the molecule is CCN=C(N)S(=O)(=O)CCC(OCc1ccccc1F)c1ccccc1.